The van der Waals surface area contributed by atoms with Crippen molar-refractivity contribution in [3.63, 3.8) is 0 Å². The van der Waals surface area contributed by atoms with Crippen LogP contribution in [0.1, 0.15) is 66.4 Å². The van der Waals surface area contributed by atoms with Gasteiger partial charge in [-0.15, -0.1) is 0 Å². The molecule has 0 heterocycles. The van der Waals surface area contributed by atoms with Crippen LogP contribution in [0.5, 0.6) is 0 Å². The Balaban J connectivity index is 1.64. The lowest BCUT2D eigenvalue weighted by molar-refractivity contribution is 0.0651. The van der Waals surface area contributed by atoms with Gasteiger partial charge in [0.05, 0.1) is 41.8 Å². The van der Waals surface area contributed by atoms with Crippen molar-refractivity contribution in [2.75, 3.05) is 0 Å². The minimum atomic E-state index is -4.22. The maximum absolute atomic E-state index is 13.2. The standard InChI is InChI=1S/C31H24O12S2/c1-31(2,17-3-7-19(8-4-17)44(40,41)21-11-13-23(27(32)33)25(15-21)29(36)37)18-5-9-20(10-6-18)45(42,43)22-12-14-24(28(34)35)26(16-22)30(38)39/h3-16H,1-2H3,(H,32,33)(H,34,35)(H,36,37)(H,38,39). The smallest absolute Gasteiger partial charge is 0.336 e. The lowest BCUT2D eigenvalue weighted by Gasteiger charge is -2.26. The van der Waals surface area contributed by atoms with Gasteiger partial charge in [0.2, 0.25) is 19.7 Å². The Hall–Kier alpha value is -5.34. The second-order valence-electron chi connectivity index (χ2n) is 10.3. The third-order valence-electron chi connectivity index (χ3n) is 7.30. The van der Waals surface area contributed by atoms with Crippen LogP contribution in [-0.4, -0.2) is 61.1 Å². The molecular formula is C31H24O12S2. The summed E-state index contributed by atoms with van der Waals surface area (Å²) < 4.78 is 52.9. The lowest BCUT2D eigenvalue weighted by Crippen LogP contribution is -2.19. The van der Waals surface area contributed by atoms with E-state index in [1.165, 1.54) is 24.3 Å². The summed E-state index contributed by atoms with van der Waals surface area (Å²) in [4.78, 5) is 44.5. The van der Waals surface area contributed by atoms with E-state index in [9.17, 15) is 56.4 Å². The molecule has 0 unspecified atom stereocenters. The van der Waals surface area contributed by atoms with E-state index in [1.54, 1.807) is 24.3 Å². The molecular weight excluding hydrogens is 628 g/mol. The Morgan fingerprint density at radius 2 is 0.711 bits per heavy atom. The maximum atomic E-state index is 13.2. The summed E-state index contributed by atoms with van der Waals surface area (Å²) in [5, 5.41) is 37.1. The SMILES string of the molecule is CC(C)(c1ccc(S(=O)(=O)c2ccc(C(=O)O)c(C(=O)O)c2)cc1)c1ccc(S(=O)(=O)c2ccc(C(=O)O)c(C(=O)O)c2)cc1. The molecule has 0 fully saturated rings. The highest BCUT2D eigenvalue weighted by atomic mass is 32.2. The third-order valence-corrected chi connectivity index (χ3v) is 10.8. The minimum absolute atomic E-state index is 0.169. The molecule has 0 saturated heterocycles. The fourth-order valence-corrected chi connectivity index (χ4v) is 7.22. The zero-order valence-electron chi connectivity index (χ0n) is 23.5. The van der Waals surface area contributed by atoms with Gasteiger partial charge in [0, 0.05) is 5.41 Å². The summed E-state index contributed by atoms with van der Waals surface area (Å²) in [5.74, 6) is -6.23. The van der Waals surface area contributed by atoms with Gasteiger partial charge in [-0.25, -0.2) is 36.0 Å². The van der Waals surface area contributed by atoms with Crippen molar-refractivity contribution in [1.29, 1.82) is 0 Å². The van der Waals surface area contributed by atoms with Crippen LogP contribution < -0.4 is 0 Å². The molecule has 4 rings (SSSR count). The van der Waals surface area contributed by atoms with Crippen LogP contribution in [0.25, 0.3) is 0 Å². The van der Waals surface area contributed by atoms with Crippen LogP contribution in [0.15, 0.2) is 105 Å². The lowest BCUT2D eigenvalue weighted by atomic mass is 9.78. The molecule has 4 aromatic carbocycles. The highest BCUT2D eigenvalue weighted by molar-refractivity contribution is 7.91. The molecule has 0 aromatic heterocycles. The number of carboxylic acid groups (broad SMARTS) is 4. The average Bonchev–Trinajstić information content (AvgIpc) is 3.00. The van der Waals surface area contributed by atoms with E-state index in [1.807, 2.05) is 13.8 Å². The van der Waals surface area contributed by atoms with Gasteiger partial charge in [-0.05, 0) is 71.8 Å². The topological polar surface area (TPSA) is 217 Å². The van der Waals surface area contributed by atoms with Gasteiger partial charge in [0.25, 0.3) is 0 Å². The molecule has 0 aliphatic carbocycles. The summed E-state index contributed by atoms with van der Waals surface area (Å²) in [6, 6.07) is 16.9. The Bertz CT molecular complexity index is 1940. The van der Waals surface area contributed by atoms with Gasteiger partial charge < -0.3 is 20.4 Å². The number of hydrogen-bond donors (Lipinski definition) is 4. The summed E-state index contributed by atoms with van der Waals surface area (Å²) in [5.41, 5.74) is -1.96. The largest absolute Gasteiger partial charge is 0.478 e. The van der Waals surface area contributed by atoms with Crippen molar-refractivity contribution in [3.8, 4) is 0 Å². The van der Waals surface area contributed by atoms with Crippen molar-refractivity contribution < 1.29 is 56.4 Å². The number of rotatable bonds is 10. The molecule has 4 aromatic rings. The fourth-order valence-electron chi connectivity index (χ4n) is 4.65. The predicted octanol–water partition coefficient (Wildman–Crippen LogP) is 4.47. The number of carboxylic acids is 4. The minimum Gasteiger partial charge on any atom is -0.478 e. The molecule has 45 heavy (non-hydrogen) atoms. The molecule has 12 nitrogen and oxygen atoms in total. The van der Waals surface area contributed by atoms with Crippen LogP contribution in [-0.2, 0) is 25.1 Å². The number of hydrogen-bond acceptors (Lipinski definition) is 8. The molecule has 4 N–H and O–H groups in total. The Labute approximate surface area is 256 Å². The van der Waals surface area contributed by atoms with Gasteiger partial charge in [-0.3, -0.25) is 0 Å². The zero-order valence-corrected chi connectivity index (χ0v) is 25.1. The molecule has 0 atom stereocenters. The van der Waals surface area contributed by atoms with Crippen LogP contribution in [0.2, 0.25) is 0 Å². The predicted molar refractivity (Wildman–Crippen MR) is 157 cm³/mol. The molecule has 0 aliphatic rings. The molecule has 232 valence electrons. The second-order valence-corrected chi connectivity index (χ2v) is 14.2. The quantitative estimate of drug-likeness (QED) is 0.187. The van der Waals surface area contributed by atoms with Gasteiger partial charge in [0.15, 0.2) is 0 Å². The fraction of sp³-hybridized carbons (Fsp3) is 0.0968. The molecule has 0 radical (unpaired) electrons. The van der Waals surface area contributed by atoms with E-state index in [2.05, 4.69) is 0 Å². The first kappa shape index (κ1) is 32.6. The molecule has 0 bridgehead atoms. The van der Waals surface area contributed by atoms with Gasteiger partial charge in [-0.2, -0.15) is 0 Å². The molecule has 0 amide bonds. The van der Waals surface area contributed by atoms with Crippen molar-refractivity contribution in [3.05, 3.63) is 118 Å². The van der Waals surface area contributed by atoms with E-state index in [0.717, 1.165) is 36.4 Å². The Morgan fingerprint density at radius 1 is 0.444 bits per heavy atom. The average molecular weight is 653 g/mol. The zero-order chi connectivity index (χ0) is 33.5. The highest BCUT2D eigenvalue weighted by Gasteiger charge is 2.28. The van der Waals surface area contributed by atoms with Gasteiger partial charge in [0.1, 0.15) is 0 Å². The molecule has 14 heteroatoms. The van der Waals surface area contributed by atoms with E-state index >= 15 is 0 Å². The summed E-state index contributed by atoms with van der Waals surface area (Å²) in [6.45, 7) is 3.63. The number of benzene rings is 4. The molecule has 0 spiro atoms. The summed E-state index contributed by atoms with van der Waals surface area (Å²) in [6.07, 6.45) is 0. The molecule has 0 saturated carbocycles. The third kappa shape index (κ3) is 6.05. The summed E-state index contributed by atoms with van der Waals surface area (Å²) in [7, 11) is -8.44. The normalized spacial score (nSPS) is 12.0. The van der Waals surface area contributed by atoms with Gasteiger partial charge in [-0.1, -0.05) is 38.1 Å². The van der Waals surface area contributed by atoms with Crippen LogP contribution in [0, 0.1) is 0 Å². The first-order chi connectivity index (χ1) is 20.9. The van der Waals surface area contributed by atoms with E-state index < -0.39 is 81.0 Å². The van der Waals surface area contributed by atoms with Crippen molar-refractivity contribution in [1.82, 2.24) is 0 Å². The first-order valence-electron chi connectivity index (χ1n) is 12.8. The highest BCUT2D eigenvalue weighted by Crippen LogP contribution is 2.34. The van der Waals surface area contributed by atoms with Crippen molar-refractivity contribution in [2.45, 2.75) is 38.8 Å². The monoisotopic (exact) mass is 652 g/mol. The van der Waals surface area contributed by atoms with Crippen molar-refractivity contribution in [2.24, 2.45) is 0 Å². The van der Waals surface area contributed by atoms with E-state index in [-0.39, 0.29) is 9.79 Å². The Kier molecular flexibility index (Phi) is 8.42. The molecule has 0 aliphatic heterocycles. The van der Waals surface area contributed by atoms with Crippen molar-refractivity contribution >= 4 is 43.6 Å². The van der Waals surface area contributed by atoms with E-state index in [0.29, 0.717) is 11.1 Å². The first-order valence-corrected chi connectivity index (χ1v) is 15.8. The number of aromatic carboxylic acids is 4. The van der Waals surface area contributed by atoms with Crippen LogP contribution in [0.4, 0.5) is 0 Å². The summed E-state index contributed by atoms with van der Waals surface area (Å²) >= 11 is 0. The van der Waals surface area contributed by atoms with Crippen LogP contribution in [0.3, 0.4) is 0 Å². The number of sulfone groups is 2. The Morgan fingerprint density at radius 3 is 0.978 bits per heavy atom. The van der Waals surface area contributed by atoms with Crippen LogP contribution >= 0.6 is 0 Å². The van der Waals surface area contributed by atoms with Gasteiger partial charge >= 0.3 is 23.9 Å². The maximum Gasteiger partial charge on any atom is 0.336 e. The van der Waals surface area contributed by atoms with E-state index in [4.69, 9.17) is 0 Å². The number of carbonyl (C=O) groups is 4. The second kappa shape index (κ2) is 11.6.